The second-order valence-corrected chi connectivity index (χ2v) is 12.4. The molecule has 1 N–H and O–H groups in total. The molecule has 1 aliphatic heterocycles. The zero-order valence-electron chi connectivity index (χ0n) is 26.6. The number of ether oxygens (including phenoxy) is 2. The first-order valence-corrected chi connectivity index (χ1v) is 17.0. The van der Waals surface area contributed by atoms with Crippen LogP contribution in [-0.4, -0.2) is 46.7 Å². The molecule has 0 saturated carbocycles. The lowest BCUT2D eigenvalue weighted by molar-refractivity contribution is 0.0221. The van der Waals surface area contributed by atoms with Crippen molar-refractivity contribution < 1.29 is 29.0 Å². The fraction of sp³-hybridized carbons (Fsp3) is 0.225. The SMILES string of the molecule is CC.O=C(O)c1ccc2c(c1)C=CCC2.O=C(OC[C@@H]1SCC[C@H]1OC(=O)c1ccc2ccccc2c1)c1ccc2ccccc2c1. The van der Waals surface area contributed by atoms with Crippen LogP contribution < -0.4 is 0 Å². The van der Waals surface area contributed by atoms with E-state index in [0.29, 0.717) is 16.7 Å². The summed E-state index contributed by atoms with van der Waals surface area (Å²) in [6.45, 7) is 4.21. The minimum absolute atomic E-state index is 0.0659. The van der Waals surface area contributed by atoms with Crippen molar-refractivity contribution in [1.29, 1.82) is 0 Å². The van der Waals surface area contributed by atoms with Crippen molar-refractivity contribution in [2.75, 3.05) is 12.4 Å². The van der Waals surface area contributed by atoms with Crippen LogP contribution >= 0.6 is 11.8 Å². The van der Waals surface area contributed by atoms with Crippen molar-refractivity contribution in [2.24, 2.45) is 0 Å². The van der Waals surface area contributed by atoms with Gasteiger partial charge in [-0.15, -0.1) is 0 Å². The molecule has 5 aromatic rings. The number of allylic oxidation sites excluding steroid dienone is 1. The molecular weight excluding hydrogens is 609 g/mol. The molecule has 7 rings (SSSR count). The number of carboxylic acids is 1. The molecule has 1 fully saturated rings. The molecule has 5 aromatic carbocycles. The number of carbonyl (C=O) groups excluding carboxylic acids is 2. The van der Waals surface area contributed by atoms with Gasteiger partial charge in [-0.25, -0.2) is 14.4 Å². The Bertz CT molecular complexity index is 1910. The van der Waals surface area contributed by atoms with Gasteiger partial charge in [0.2, 0.25) is 0 Å². The van der Waals surface area contributed by atoms with Crippen molar-refractivity contribution in [1.82, 2.24) is 0 Å². The lowest BCUT2D eigenvalue weighted by atomic mass is 9.96. The Morgan fingerprint density at radius 2 is 1.34 bits per heavy atom. The van der Waals surface area contributed by atoms with Crippen molar-refractivity contribution in [3.05, 3.63) is 137 Å². The van der Waals surface area contributed by atoms with Crippen molar-refractivity contribution in [3.8, 4) is 0 Å². The molecule has 2 aliphatic rings. The Morgan fingerprint density at radius 1 is 0.745 bits per heavy atom. The lowest BCUT2D eigenvalue weighted by Crippen LogP contribution is -2.29. The molecule has 0 radical (unpaired) electrons. The van der Waals surface area contributed by atoms with Gasteiger partial charge in [-0.2, -0.15) is 11.8 Å². The number of hydrogen-bond acceptors (Lipinski definition) is 6. The molecule has 47 heavy (non-hydrogen) atoms. The average molecular weight is 647 g/mol. The maximum Gasteiger partial charge on any atom is 0.338 e. The van der Waals surface area contributed by atoms with Crippen LogP contribution in [0.25, 0.3) is 27.6 Å². The third-order valence-electron chi connectivity index (χ3n) is 8.03. The Labute approximate surface area is 279 Å². The van der Waals surface area contributed by atoms with Gasteiger partial charge in [0.25, 0.3) is 0 Å². The highest BCUT2D eigenvalue weighted by Crippen LogP contribution is 2.31. The van der Waals surface area contributed by atoms with E-state index in [9.17, 15) is 14.4 Å². The summed E-state index contributed by atoms with van der Waals surface area (Å²) < 4.78 is 11.4. The van der Waals surface area contributed by atoms with Crippen LogP contribution in [-0.2, 0) is 15.9 Å². The van der Waals surface area contributed by atoms with Crippen LogP contribution in [0.1, 0.15) is 68.9 Å². The normalized spacial score (nSPS) is 16.2. The second kappa shape index (κ2) is 16.1. The highest BCUT2D eigenvalue weighted by Gasteiger charge is 2.33. The molecular formula is C40H38O6S. The summed E-state index contributed by atoms with van der Waals surface area (Å²) >= 11 is 1.68. The number of esters is 2. The summed E-state index contributed by atoms with van der Waals surface area (Å²) in [5, 5.41) is 12.9. The molecule has 0 unspecified atom stereocenters. The van der Waals surface area contributed by atoms with Crippen LogP contribution in [0.15, 0.2) is 109 Å². The number of aromatic carboxylic acids is 1. The highest BCUT2D eigenvalue weighted by atomic mass is 32.2. The molecule has 0 spiro atoms. The maximum atomic E-state index is 12.7. The number of carboxylic acid groups (broad SMARTS) is 1. The molecule has 0 aromatic heterocycles. The zero-order chi connectivity index (χ0) is 33.2. The minimum atomic E-state index is -0.859. The number of thioether (sulfide) groups is 1. The lowest BCUT2D eigenvalue weighted by Gasteiger charge is -2.19. The fourth-order valence-electron chi connectivity index (χ4n) is 5.56. The summed E-state index contributed by atoms with van der Waals surface area (Å²) in [4.78, 5) is 36.0. The van der Waals surface area contributed by atoms with Gasteiger partial charge in [0.1, 0.15) is 12.7 Å². The molecule has 7 heteroatoms. The third kappa shape index (κ3) is 8.48. The van der Waals surface area contributed by atoms with Gasteiger partial charge in [0.15, 0.2) is 0 Å². The smallest absolute Gasteiger partial charge is 0.338 e. The number of fused-ring (bicyclic) bond motifs is 3. The quantitative estimate of drug-likeness (QED) is 0.184. The largest absolute Gasteiger partial charge is 0.478 e. The van der Waals surface area contributed by atoms with E-state index in [1.807, 2.05) is 98.8 Å². The standard InChI is InChI=1S/C27H22O4S.C11H10O2.C2H6/c28-26(22-11-9-18-5-1-3-7-20(18)15-22)30-17-25-24(13-14-32-25)31-27(29)23-12-10-19-6-2-4-8-21(19)16-23;12-11(13)10-6-5-8-3-1-2-4-9(8)7-10;1-2/h1-12,15-16,24-25H,13-14,17H2;2,4-7H,1,3H2,(H,12,13);1-2H3/t24-,25+;;/m1../s1. The summed E-state index contributed by atoms with van der Waals surface area (Å²) in [7, 11) is 0. The number of benzene rings is 5. The Kier molecular flexibility index (Phi) is 11.5. The van der Waals surface area contributed by atoms with Crippen LogP contribution in [0.5, 0.6) is 0 Å². The molecule has 0 bridgehead atoms. The van der Waals surface area contributed by atoms with Gasteiger partial charge in [-0.05, 0) is 94.1 Å². The molecule has 1 saturated heterocycles. The van der Waals surface area contributed by atoms with Crippen LogP contribution in [0, 0.1) is 0 Å². The number of rotatable bonds is 6. The first-order valence-electron chi connectivity index (χ1n) is 15.9. The van der Waals surface area contributed by atoms with Crippen LogP contribution in [0.4, 0.5) is 0 Å². The van der Waals surface area contributed by atoms with E-state index >= 15 is 0 Å². The zero-order valence-corrected chi connectivity index (χ0v) is 27.4. The van der Waals surface area contributed by atoms with Gasteiger partial charge in [0, 0.05) is 0 Å². The van der Waals surface area contributed by atoms with E-state index in [4.69, 9.17) is 14.6 Å². The minimum Gasteiger partial charge on any atom is -0.478 e. The molecule has 1 aliphatic carbocycles. The third-order valence-corrected chi connectivity index (χ3v) is 9.37. The van der Waals surface area contributed by atoms with Crippen LogP contribution in [0.3, 0.4) is 0 Å². The first-order chi connectivity index (χ1) is 22.9. The average Bonchev–Trinajstić information content (AvgIpc) is 3.57. The summed E-state index contributed by atoms with van der Waals surface area (Å²) in [5.74, 6) is -0.688. The van der Waals surface area contributed by atoms with E-state index in [1.54, 1.807) is 36.0 Å². The fourth-order valence-corrected chi connectivity index (χ4v) is 6.80. The Hall–Kier alpha value is -4.88. The van der Waals surface area contributed by atoms with E-state index in [0.717, 1.165) is 52.1 Å². The second-order valence-electron chi connectivity index (χ2n) is 11.0. The van der Waals surface area contributed by atoms with Gasteiger partial charge in [-0.1, -0.05) is 92.7 Å². The summed E-state index contributed by atoms with van der Waals surface area (Å²) in [6, 6.07) is 32.2. The van der Waals surface area contributed by atoms with Crippen molar-refractivity contribution in [3.63, 3.8) is 0 Å². The highest BCUT2D eigenvalue weighted by molar-refractivity contribution is 8.00. The van der Waals surface area contributed by atoms with E-state index in [-0.39, 0.29) is 29.9 Å². The Morgan fingerprint density at radius 3 is 1.98 bits per heavy atom. The van der Waals surface area contributed by atoms with E-state index in [1.165, 1.54) is 5.56 Å². The molecule has 6 nitrogen and oxygen atoms in total. The van der Waals surface area contributed by atoms with E-state index in [2.05, 4.69) is 6.08 Å². The molecule has 1 heterocycles. The number of hydrogen-bond donors (Lipinski definition) is 1. The number of aryl methyl sites for hydroxylation is 1. The maximum absolute atomic E-state index is 12.7. The predicted octanol–water partition coefficient (Wildman–Crippen LogP) is 9.25. The van der Waals surface area contributed by atoms with Crippen LogP contribution in [0.2, 0.25) is 0 Å². The van der Waals surface area contributed by atoms with Crippen molar-refractivity contribution >= 4 is 57.3 Å². The monoisotopic (exact) mass is 646 g/mol. The van der Waals surface area contributed by atoms with Crippen molar-refractivity contribution in [2.45, 2.75) is 44.5 Å². The van der Waals surface area contributed by atoms with Gasteiger partial charge in [-0.3, -0.25) is 0 Å². The predicted molar refractivity (Wildman–Crippen MR) is 190 cm³/mol. The van der Waals surface area contributed by atoms with Gasteiger partial charge in [0.05, 0.1) is 21.9 Å². The summed E-state index contributed by atoms with van der Waals surface area (Å²) in [5.41, 5.74) is 3.72. The topological polar surface area (TPSA) is 89.9 Å². The molecule has 0 amide bonds. The van der Waals surface area contributed by atoms with Gasteiger partial charge < -0.3 is 14.6 Å². The van der Waals surface area contributed by atoms with E-state index < -0.39 is 5.97 Å². The molecule has 240 valence electrons. The summed E-state index contributed by atoms with van der Waals surface area (Å²) in [6.07, 6.45) is 6.62. The molecule has 2 atom stereocenters. The van der Waals surface area contributed by atoms with Gasteiger partial charge >= 0.3 is 17.9 Å². The number of carbonyl (C=O) groups is 3. The Balaban J connectivity index is 0.000000241. The first kappa shape index (κ1) is 33.5.